The standard InChI is InChI=1S/C14H17BrClNOS/c1-19-13-4-2-12(3-5-13)17-14(18)9-6-10(15)8-11(16)7-9/h6-8,12-13H,2-5H2,1H3,(H,17,18). The minimum Gasteiger partial charge on any atom is -0.349 e. The summed E-state index contributed by atoms with van der Waals surface area (Å²) in [4.78, 5) is 12.2. The van der Waals surface area contributed by atoms with Gasteiger partial charge in [0.05, 0.1) is 0 Å². The summed E-state index contributed by atoms with van der Waals surface area (Å²) >= 11 is 11.2. The molecule has 2 nitrogen and oxygen atoms in total. The summed E-state index contributed by atoms with van der Waals surface area (Å²) in [6, 6.07) is 5.58. The fourth-order valence-electron chi connectivity index (χ4n) is 2.40. The Morgan fingerprint density at radius 2 is 2.00 bits per heavy atom. The molecule has 104 valence electrons. The van der Waals surface area contributed by atoms with Gasteiger partial charge in [0.2, 0.25) is 0 Å². The number of benzene rings is 1. The molecule has 0 unspecified atom stereocenters. The van der Waals surface area contributed by atoms with Crippen molar-refractivity contribution in [2.24, 2.45) is 0 Å². The van der Waals surface area contributed by atoms with E-state index in [9.17, 15) is 4.79 Å². The molecule has 1 aromatic rings. The molecule has 0 radical (unpaired) electrons. The molecule has 1 N–H and O–H groups in total. The highest BCUT2D eigenvalue weighted by Gasteiger charge is 2.22. The van der Waals surface area contributed by atoms with Gasteiger partial charge in [-0.05, 0) is 50.1 Å². The van der Waals surface area contributed by atoms with Crippen molar-refractivity contribution in [3.63, 3.8) is 0 Å². The molecule has 1 fully saturated rings. The molecule has 1 aliphatic rings. The molecule has 1 amide bonds. The van der Waals surface area contributed by atoms with Gasteiger partial charge in [-0.2, -0.15) is 11.8 Å². The summed E-state index contributed by atoms with van der Waals surface area (Å²) in [6.07, 6.45) is 6.67. The predicted octanol–water partition coefficient (Wildman–Crippen LogP) is 4.51. The van der Waals surface area contributed by atoms with E-state index >= 15 is 0 Å². The summed E-state index contributed by atoms with van der Waals surface area (Å²) < 4.78 is 0.830. The van der Waals surface area contributed by atoms with Crippen LogP contribution in [0.1, 0.15) is 36.0 Å². The largest absolute Gasteiger partial charge is 0.349 e. The predicted molar refractivity (Wildman–Crippen MR) is 86.2 cm³/mol. The summed E-state index contributed by atoms with van der Waals surface area (Å²) in [7, 11) is 0. The number of amides is 1. The molecule has 5 heteroatoms. The average Bonchev–Trinajstić information content (AvgIpc) is 2.38. The zero-order valence-electron chi connectivity index (χ0n) is 10.8. The Hall–Kier alpha value is -0.190. The van der Waals surface area contributed by atoms with Crippen LogP contribution in [0.4, 0.5) is 0 Å². The Morgan fingerprint density at radius 1 is 1.32 bits per heavy atom. The molecule has 1 aromatic carbocycles. The Balaban J connectivity index is 1.94. The number of hydrogen-bond donors (Lipinski definition) is 1. The quantitative estimate of drug-likeness (QED) is 0.857. The lowest BCUT2D eigenvalue weighted by molar-refractivity contribution is 0.0928. The maximum Gasteiger partial charge on any atom is 0.251 e. The fraction of sp³-hybridized carbons (Fsp3) is 0.500. The SMILES string of the molecule is CSC1CCC(NC(=O)c2cc(Cl)cc(Br)c2)CC1. The van der Waals surface area contributed by atoms with Crippen molar-refractivity contribution in [1.82, 2.24) is 5.32 Å². The molecule has 0 aliphatic heterocycles. The summed E-state index contributed by atoms with van der Waals surface area (Å²) in [5.41, 5.74) is 0.617. The van der Waals surface area contributed by atoms with Gasteiger partial charge in [-0.15, -0.1) is 0 Å². The third-order valence-corrected chi connectivity index (χ3v) is 5.28. The first kappa shape index (κ1) is 15.2. The van der Waals surface area contributed by atoms with E-state index in [2.05, 4.69) is 27.5 Å². The van der Waals surface area contributed by atoms with Crippen molar-refractivity contribution in [3.05, 3.63) is 33.3 Å². The molecule has 0 bridgehead atoms. The second kappa shape index (κ2) is 7.00. The number of carbonyl (C=O) groups is 1. The highest BCUT2D eigenvalue weighted by Crippen LogP contribution is 2.27. The highest BCUT2D eigenvalue weighted by atomic mass is 79.9. The van der Waals surface area contributed by atoms with Gasteiger partial charge in [0.15, 0.2) is 0 Å². The number of thioether (sulfide) groups is 1. The Labute approximate surface area is 131 Å². The van der Waals surface area contributed by atoms with Gasteiger partial charge in [0, 0.05) is 26.4 Å². The van der Waals surface area contributed by atoms with Gasteiger partial charge in [-0.1, -0.05) is 27.5 Å². The lowest BCUT2D eigenvalue weighted by atomic mass is 9.94. The van der Waals surface area contributed by atoms with Gasteiger partial charge in [-0.3, -0.25) is 4.79 Å². The van der Waals surface area contributed by atoms with E-state index in [1.807, 2.05) is 11.8 Å². The second-order valence-electron chi connectivity index (χ2n) is 4.84. The van der Waals surface area contributed by atoms with Crippen LogP contribution in [0, 0.1) is 0 Å². The summed E-state index contributed by atoms with van der Waals surface area (Å²) in [5, 5.41) is 4.44. The van der Waals surface area contributed by atoms with Crippen LogP contribution in [0.25, 0.3) is 0 Å². The van der Waals surface area contributed by atoms with Crippen LogP contribution in [0.3, 0.4) is 0 Å². The monoisotopic (exact) mass is 361 g/mol. The molecular weight excluding hydrogens is 346 g/mol. The van der Waals surface area contributed by atoms with Crippen LogP contribution in [-0.4, -0.2) is 23.5 Å². The Morgan fingerprint density at radius 3 is 2.58 bits per heavy atom. The molecule has 1 saturated carbocycles. The van der Waals surface area contributed by atoms with E-state index in [-0.39, 0.29) is 5.91 Å². The van der Waals surface area contributed by atoms with E-state index in [0.29, 0.717) is 16.6 Å². The molecule has 2 rings (SSSR count). The minimum absolute atomic E-state index is 0.0317. The first-order valence-electron chi connectivity index (χ1n) is 6.38. The third kappa shape index (κ3) is 4.40. The van der Waals surface area contributed by atoms with Crippen LogP contribution in [-0.2, 0) is 0 Å². The third-order valence-electron chi connectivity index (χ3n) is 3.47. The van der Waals surface area contributed by atoms with Crippen LogP contribution in [0.15, 0.2) is 22.7 Å². The molecule has 0 saturated heterocycles. The van der Waals surface area contributed by atoms with E-state index in [0.717, 1.165) is 22.6 Å². The molecular formula is C14H17BrClNOS. The lowest BCUT2D eigenvalue weighted by Crippen LogP contribution is -2.38. The van der Waals surface area contributed by atoms with Crippen LogP contribution in [0.5, 0.6) is 0 Å². The first-order chi connectivity index (χ1) is 9.08. The van der Waals surface area contributed by atoms with Crippen LogP contribution >= 0.6 is 39.3 Å². The second-order valence-corrected chi connectivity index (χ2v) is 7.33. The smallest absolute Gasteiger partial charge is 0.251 e. The zero-order chi connectivity index (χ0) is 13.8. The maximum absolute atomic E-state index is 12.2. The van der Waals surface area contributed by atoms with Gasteiger partial charge in [0.25, 0.3) is 5.91 Å². The van der Waals surface area contributed by atoms with Gasteiger partial charge in [0.1, 0.15) is 0 Å². The summed E-state index contributed by atoms with van der Waals surface area (Å²) in [6.45, 7) is 0. The van der Waals surface area contributed by atoms with Gasteiger partial charge in [-0.25, -0.2) is 0 Å². The molecule has 19 heavy (non-hydrogen) atoms. The average molecular weight is 363 g/mol. The van der Waals surface area contributed by atoms with Crippen LogP contribution in [0.2, 0.25) is 5.02 Å². The van der Waals surface area contributed by atoms with Crippen molar-refractivity contribution < 1.29 is 4.79 Å². The zero-order valence-corrected chi connectivity index (χ0v) is 13.9. The number of nitrogens with one attached hydrogen (secondary N) is 1. The molecule has 1 aliphatic carbocycles. The van der Waals surface area contributed by atoms with E-state index in [4.69, 9.17) is 11.6 Å². The Bertz CT molecular complexity index is 441. The number of rotatable bonds is 3. The molecule has 0 atom stereocenters. The van der Waals surface area contributed by atoms with E-state index < -0.39 is 0 Å². The van der Waals surface area contributed by atoms with E-state index in [1.165, 1.54) is 12.8 Å². The fourth-order valence-corrected chi connectivity index (χ4v) is 4.00. The lowest BCUT2D eigenvalue weighted by Gasteiger charge is -2.28. The normalized spacial score (nSPS) is 23.1. The molecule has 0 heterocycles. The molecule has 0 spiro atoms. The number of hydrogen-bond acceptors (Lipinski definition) is 2. The summed E-state index contributed by atoms with van der Waals surface area (Å²) in [5.74, 6) is -0.0317. The highest BCUT2D eigenvalue weighted by molar-refractivity contribution is 9.10. The Kier molecular flexibility index (Phi) is 5.60. The van der Waals surface area contributed by atoms with Crippen molar-refractivity contribution in [1.29, 1.82) is 0 Å². The van der Waals surface area contributed by atoms with Crippen molar-refractivity contribution in [2.45, 2.75) is 37.0 Å². The molecule has 0 aromatic heterocycles. The van der Waals surface area contributed by atoms with Gasteiger partial charge >= 0.3 is 0 Å². The number of halogens is 2. The number of carbonyl (C=O) groups excluding carboxylic acids is 1. The maximum atomic E-state index is 12.2. The van der Waals surface area contributed by atoms with E-state index in [1.54, 1.807) is 18.2 Å². The van der Waals surface area contributed by atoms with Crippen molar-refractivity contribution in [3.8, 4) is 0 Å². The first-order valence-corrected chi connectivity index (χ1v) is 8.84. The van der Waals surface area contributed by atoms with Crippen LogP contribution < -0.4 is 5.32 Å². The topological polar surface area (TPSA) is 29.1 Å². The van der Waals surface area contributed by atoms with Crippen molar-refractivity contribution in [2.75, 3.05) is 6.26 Å². The van der Waals surface area contributed by atoms with Gasteiger partial charge < -0.3 is 5.32 Å². The van der Waals surface area contributed by atoms with Crippen molar-refractivity contribution >= 4 is 45.2 Å². The minimum atomic E-state index is -0.0317.